The number of fused-ring (bicyclic) bond motifs is 1. The lowest BCUT2D eigenvalue weighted by Gasteiger charge is -2.29. The fourth-order valence-electron chi connectivity index (χ4n) is 4.20. The van der Waals surface area contributed by atoms with Crippen LogP contribution in [0.25, 0.3) is 10.2 Å². The monoisotopic (exact) mass is 423 g/mol. The lowest BCUT2D eigenvalue weighted by atomic mass is 9.98. The number of likely N-dealkylation sites (tertiary alicyclic amines) is 1. The third-order valence-corrected chi connectivity index (χ3v) is 7.18. The highest BCUT2D eigenvalue weighted by Gasteiger charge is 2.29. The molecule has 3 aromatic rings. The first-order valence-electron chi connectivity index (χ1n) is 10.7. The molecule has 1 aliphatic heterocycles. The van der Waals surface area contributed by atoms with E-state index in [1.165, 1.54) is 26.7 Å². The molecule has 6 heteroatoms. The van der Waals surface area contributed by atoms with Crippen LogP contribution in [-0.4, -0.2) is 56.6 Å². The van der Waals surface area contributed by atoms with Crippen molar-refractivity contribution in [2.75, 3.05) is 45.7 Å². The summed E-state index contributed by atoms with van der Waals surface area (Å²) >= 11 is 1.81. The Morgan fingerprint density at radius 3 is 2.63 bits per heavy atom. The van der Waals surface area contributed by atoms with E-state index >= 15 is 0 Å². The van der Waals surface area contributed by atoms with Gasteiger partial charge >= 0.3 is 0 Å². The van der Waals surface area contributed by atoms with Gasteiger partial charge in [0.25, 0.3) is 5.91 Å². The van der Waals surface area contributed by atoms with Gasteiger partial charge in [0, 0.05) is 33.4 Å². The predicted molar refractivity (Wildman–Crippen MR) is 124 cm³/mol. The van der Waals surface area contributed by atoms with E-state index in [2.05, 4.69) is 47.4 Å². The molecule has 2 atom stereocenters. The number of piperidine rings is 1. The molecule has 1 saturated heterocycles. The zero-order valence-corrected chi connectivity index (χ0v) is 18.9. The molecule has 30 heavy (non-hydrogen) atoms. The number of carbonyl (C=O) groups excluding carboxylic acids is 1. The Hall–Kier alpha value is -2.44. The van der Waals surface area contributed by atoms with E-state index in [0.717, 1.165) is 30.6 Å². The van der Waals surface area contributed by atoms with Crippen molar-refractivity contribution >= 4 is 33.1 Å². The number of thiazole rings is 1. The number of likely N-dealkylation sites (N-methyl/N-ethyl adjacent to an activating group) is 1. The number of carbonyl (C=O) groups is 1. The quantitative estimate of drug-likeness (QED) is 0.663. The second-order valence-electron chi connectivity index (χ2n) is 8.55. The van der Waals surface area contributed by atoms with Crippen molar-refractivity contribution in [3.63, 3.8) is 0 Å². The number of hydrogen-bond acceptors (Lipinski definition) is 4. The van der Waals surface area contributed by atoms with Crippen LogP contribution in [0.15, 0.2) is 48.5 Å². The van der Waals surface area contributed by atoms with Crippen LogP contribution in [-0.2, 0) is 11.3 Å². The zero-order chi connectivity index (χ0) is 21.1. The van der Waals surface area contributed by atoms with E-state index in [-0.39, 0.29) is 5.91 Å². The lowest BCUT2D eigenvalue weighted by Crippen LogP contribution is -3.14. The average molecular weight is 424 g/mol. The van der Waals surface area contributed by atoms with Gasteiger partial charge < -0.3 is 14.7 Å². The van der Waals surface area contributed by atoms with Crippen LogP contribution in [0, 0.1) is 0 Å². The second-order valence-corrected chi connectivity index (χ2v) is 9.61. The largest absolute Gasteiger partial charge is 0.378 e. The predicted octanol–water partition coefficient (Wildman–Crippen LogP) is 2.78. The summed E-state index contributed by atoms with van der Waals surface area (Å²) in [5.74, 6) is 0.675. The first-order valence-corrected chi connectivity index (χ1v) is 11.5. The Kier molecular flexibility index (Phi) is 6.35. The van der Waals surface area contributed by atoms with Crippen LogP contribution in [0.2, 0.25) is 0 Å². The number of nitrogens with one attached hydrogen (secondary N) is 1. The van der Waals surface area contributed by atoms with Crippen molar-refractivity contribution in [2.24, 2.45) is 0 Å². The van der Waals surface area contributed by atoms with Gasteiger partial charge in [-0.2, -0.15) is 0 Å². The van der Waals surface area contributed by atoms with Crippen LogP contribution in [0.5, 0.6) is 0 Å². The summed E-state index contributed by atoms with van der Waals surface area (Å²) in [5.41, 5.74) is 3.43. The molecule has 2 aromatic carbocycles. The highest BCUT2D eigenvalue weighted by Crippen LogP contribution is 2.30. The topological polar surface area (TPSA) is 40.9 Å². The standard InChI is InChI=1S/C24H30N4OS/c1-26(2)20-12-10-18(11-13-20)15-27(3)23(29)17-28-14-6-7-19(16-28)24-25-21-8-4-5-9-22(21)30-24/h4-5,8-13,19H,6-7,14-17H2,1-3H3/p+1/t19-/m1/s1. The molecule has 2 heterocycles. The van der Waals surface area contributed by atoms with Crippen molar-refractivity contribution in [1.29, 1.82) is 0 Å². The van der Waals surface area contributed by atoms with Crippen molar-refractivity contribution in [3.8, 4) is 0 Å². The Labute approximate surface area is 182 Å². The van der Waals surface area contributed by atoms with Gasteiger partial charge in [-0.1, -0.05) is 24.3 Å². The summed E-state index contributed by atoms with van der Waals surface area (Å²) in [6.07, 6.45) is 2.32. The van der Waals surface area contributed by atoms with Gasteiger partial charge in [0.15, 0.2) is 6.54 Å². The zero-order valence-electron chi connectivity index (χ0n) is 18.1. The number of nitrogens with zero attached hydrogens (tertiary/aromatic N) is 3. The molecule has 0 saturated carbocycles. The summed E-state index contributed by atoms with van der Waals surface area (Å²) < 4.78 is 1.26. The van der Waals surface area contributed by atoms with Gasteiger partial charge in [-0.15, -0.1) is 11.3 Å². The van der Waals surface area contributed by atoms with Gasteiger partial charge in [0.1, 0.15) is 5.01 Å². The summed E-state index contributed by atoms with van der Waals surface area (Å²) in [6.45, 7) is 3.28. The fourth-order valence-corrected chi connectivity index (χ4v) is 5.30. The molecule has 1 unspecified atom stereocenters. The summed E-state index contributed by atoms with van der Waals surface area (Å²) in [5, 5.41) is 1.23. The first-order chi connectivity index (χ1) is 14.5. The van der Waals surface area contributed by atoms with Crippen molar-refractivity contribution in [3.05, 3.63) is 59.1 Å². The minimum absolute atomic E-state index is 0.214. The fraction of sp³-hybridized carbons (Fsp3) is 0.417. The summed E-state index contributed by atoms with van der Waals surface area (Å²) in [6, 6.07) is 16.8. The number of rotatable bonds is 6. The van der Waals surface area contributed by atoms with Gasteiger partial charge in [0.05, 0.1) is 29.2 Å². The minimum atomic E-state index is 0.214. The molecular weight excluding hydrogens is 392 g/mol. The van der Waals surface area contributed by atoms with Crippen LogP contribution in [0.4, 0.5) is 5.69 Å². The van der Waals surface area contributed by atoms with E-state index < -0.39 is 0 Å². The molecular formula is C24H31N4OS+. The molecule has 0 bridgehead atoms. The van der Waals surface area contributed by atoms with E-state index in [9.17, 15) is 4.79 Å². The smallest absolute Gasteiger partial charge is 0.277 e. The van der Waals surface area contributed by atoms with Gasteiger partial charge in [0.2, 0.25) is 0 Å². The number of para-hydroxylation sites is 1. The number of aromatic nitrogens is 1. The maximum Gasteiger partial charge on any atom is 0.277 e. The molecule has 0 spiro atoms. The molecule has 158 valence electrons. The number of amides is 1. The molecule has 1 amide bonds. The lowest BCUT2D eigenvalue weighted by molar-refractivity contribution is -0.898. The van der Waals surface area contributed by atoms with E-state index in [1.54, 1.807) is 0 Å². The SMILES string of the molecule is CN(Cc1ccc(N(C)C)cc1)C(=O)C[NH+]1CCC[C@@H](c2nc3ccccc3s2)C1. The Bertz CT molecular complexity index is 965. The second kappa shape index (κ2) is 9.14. The van der Waals surface area contributed by atoms with Crippen LogP contribution in [0.3, 0.4) is 0 Å². The maximum atomic E-state index is 12.9. The van der Waals surface area contributed by atoms with E-state index in [1.807, 2.05) is 43.4 Å². The Morgan fingerprint density at radius 2 is 1.90 bits per heavy atom. The van der Waals surface area contributed by atoms with Gasteiger partial charge in [-0.25, -0.2) is 4.98 Å². The third kappa shape index (κ3) is 4.82. The molecule has 0 radical (unpaired) electrons. The maximum absolute atomic E-state index is 12.9. The molecule has 4 rings (SSSR count). The molecule has 5 nitrogen and oxygen atoms in total. The minimum Gasteiger partial charge on any atom is -0.378 e. The van der Waals surface area contributed by atoms with Crippen molar-refractivity contribution < 1.29 is 9.69 Å². The van der Waals surface area contributed by atoms with Crippen LogP contribution >= 0.6 is 11.3 Å². The van der Waals surface area contributed by atoms with Crippen LogP contribution in [0.1, 0.15) is 29.3 Å². The normalized spacial score (nSPS) is 19.0. The highest BCUT2D eigenvalue weighted by molar-refractivity contribution is 7.18. The number of anilines is 1. The number of hydrogen-bond donors (Lipinski definition) is 1. The summed E-state index contributed by atoms with van der Waals surface area (Å²) in [4.78, 5) is 23.0. The van der Waals surface area contributed by atoms with Gasteiger partial charge in [-0.05, 0) is 42.7 Å². The van der Waals surface area contributed by atoms with E-state index in [4.69, 9.17) is 4.98 Å². The van der Waals surface area contributed by atoms with Crippen molar-refractivity contribution in [2.45, 2.75) is 25.3 Å². The van der Waals surface area contributed by atoms with Crippen molar-refractivity contribution in [1.82, 2.24) is 9.88 Å². The van der Waals surface area contributed by atoms with Crippen LogP contribution < -0.4 is 9.80 Å². The average Bonchev–Trinajstić information content (AvgIpc) is 3.18. The highest BCUT2D eigenvalue weighted by atomic mass is 32.1. The number of benzene rings is 2. The Balaban J connectivity index is 1.34. The van der Waals surface area contributed by atoms with E-state index in [0.29, 0.717) is 19.0 Å². The third-order valence-electron chi connectivity index (χ3n) is 5.98. The summed E-state index contributed by atoms with van der Waals surface area (Å²) in [7, 11) is 5.98. The Morgan fingerprint density at radius 1 is 1.13 bits per heavy atom. The molecule has 1 aromatic heterocycles. The molecule has 1 aliphatic rings. The number of quaternary nitrogens is 1. The van der Waals surface area contributed by atoms with Gasteiger partial charge in [-0.3, -0.25) is 4.79 Å². The molecule has 1 N–H and O–H groups in total. The molecule has 0 aliphatic carbocycles. The first kappa shape index (κ1) is 20.8. The molecule has 1 fully saturated rings.